The number of hydrogen-bond acceptors (Lipinski definition) is 5. The van der Waals surface area contributed by atoms with Gasteiger partial charge < -0.3 is 15.1 Å². The Kier molecular flexibility index (Phi) is 8.25. The average Bonchev–Trinajstić information content (AvgIpc) is 3.34. The summed E-state index contributed by atoms with van der Waals surface area (Å²) < 4.78 is 45.6. The van der Waals surface area contributed by atoms with Gasteiger partial charge in [-0.3, -0.25) is 9.59 Å². The van der Waals surface area contributed by atoms with E-state index in [2.05, 4.69) is 10.6 Å². The van der Waals surface area contributed by atoms with Crippen LogP contribution in [-0.2, 0) is 26.2 Å². The first-order valence-electron chi connectivity index (χ1n) is 11.1. The Morgan fingerprint density at radius 1 is 1.24 bits per heavy atom. The highest BCUT2D eigenvalue weighted by Gasteiger charge is 2.35. The van der Waals surface area contributed by atoms with Gasteiger partial charge in [0, 0.05) is 13.1 Å². The van der Waals surface area contributed by atoms with Crippen molar-refractivity contribution >= 4 is 21.8 Å². The van der Waals surface area contributed by atoms with Gasteiger partial charge in [0.05, 0.1) is 23.6 Å². The van der Waals surface area contributed by atoms with Crippen LogP contribution in [0.3, 0.4) is 0 Å². The molecule has 2 N–H and O–H groups in total. The molecule has 0 spiro atoms. The van der Waals surface area contributed by atoms with Crippen molar-refractivity contribution in [3.05, 3.63) is 54.2 Å². The van der Waals surface area contributed by atoms with Gasteiger partial charge in [0.15, 0.2) is 0 Å². The summed E-state index contributed by atoms with van der Waals surface area (Å²) in [5.74, 6) is -1.29. The number of nitrogens with one attached hydrogen (secondary N) is 2. The molecule has 3 atom stereocenters. The van der Waals surface area contributed by atoms with E-state index >= 15 is 0 Å². The third kappa shape index (κ3) is 6.20. The lowest BCUT2D eigenvalue weighted by Gasteiger charge is -2.32. The molecule has 180 valence electrons. The number of sulfonamides is 1. The van der Waals surface area contributed by atoms with E-state index in [0.29, 0.717) is 25.0 Å². The minimum Gasteiger partial charge on any atom is -0.467 e. The van der Waals surface area contributed by atoms with Gasteiger partial charge in [-0.1, -0.05) is 20.3 Å². The molecule has 0 saturated carbocycles. The number of halogens is 1. The minimum absolute atomic E-state index is 0.00673. The van der Waals surface area contributed by atoms with Gasteiger partial charge in [-0.15, -0.1) is 0 Å². The highest BCUT2D eigenvalue weighted by Crippen LogP contribution is 2.24. The maximum Gasteiger partial charge on any atom is 0.243 e. The lowest BCUT2D eigenvalue weighted by Crippen LogP contribution is -2.53. The SMILES string of the molecule is CC[C@H](C)[C@@H](NC(=O)[C@@H]1CCCN(S(=O)(=O)c2ccc(F)cc2)C1)C(=O)NCc1ccco1. The zero-order valence-corrected chi connectivity index (χ0v) is 19.6. The molecule has 1 aliphatic heterocycles. The van der Waals surface area contributed by atoms with Crippen LogP contribution in [0.15, 0.2) is 52.0 Å². The summed E-state index contributed by atoms with van der Waals surface area (Å²) in [6.45, 7) is 4.31. The van der Waals surface area contributed by atoms with E-state index in [1.807, 2.05) is 13.8 Å². The number of carbonyl (C=O) groups excluding carboxylic acids is 2. The molecular formula is C23H30FN3O5S. The van der Waals surface area contributed by atoms with Crippen LogP contribution in [0.5, 0.6) is 0 Å². The van der Waals surface area contributed by atoms with E-state index in [4.69, 9.17) is 4.42 Å². The molecular weight excluding hydrogens is 449 g/mol. The fourth-order valence-electron chi connectivity index (χ4n) is 3.80. The van der Waals surface area contributed by atoms with Crippen molar-refractivity contribution in [2.24, 2.45) is 11.8 Å². The van der Waals surface area contributed by atoms with Gasteiger partial charge in [-0.2, -0.15) is 4.31 Å². The Morgan fingerprint density at radius 2 is 1.97 bits per heavy atom. The van der Waals surface area contributed by atoms with Crippen LogP contribution in [0.1, 0.15) is 38.9 Å². The molecule has 0 unspecified atom stereocenters. The first-order chi connectivity index (χ1) is 15.7. The number of amides is 2. The van der Waals surface area contributed by atoms with Crippen LogP contribution in [0.4, 0.5) is 4.39 Å². The normalized spacial score (nSPS) is 18.9. The summed E-state index contributed by atoms with van der Waals surface area (Å²) in [6, 6.07) is 7.35. The Morgan fingerprint density at radius 3 is 2.61 bits per heavy atom. The van der Waals surface area contributed by atoms with Crippen LogP contribution >= 0.6 is 0 Å². The molecule has 3 rings (SSSR count). The standard InChI is InChI=1S/C23H30FN3O5S/c1-3-16(2)21(23(29)25-14-19-7-5-13-32-19)26-22(28)17-6-4-12-27(15-17)33(30,31)20-10-8-18(24)9-11-20/h5,7-11,13,16-17,21H,3-4,6,12,14-15H2,1-2H3,(H,25,29)(H,26,28)/t16-,17+,21+/m0/s1. The summed E-state index contributed by atoms with van der Waals surface area (Å²) in [7, 11) is -3.85. The van der Waals surface area contributed by atoms with Crippen molar-refractivity contribution in [1.82, 2.24) is 14.9 Å². The van der Waals surface area contributed by atoms with E-state index < -0.39 is 27.8 Å². The highest BCUT2D eigenvalue weighted by atomic mass is 32.2. The second-order valence-corrected chi connectivity index (χ2v) is 10.3. The number of benzene rings is 1. The van der Waals surface area contributed by atoms with Gasteiger partial charge >= 0.3 is 0 Å². The van der Waals surface area contributed by atoms with E-state index in [1.54, 1.807) is 12.1 Å². The largest absolute Gasteiger partial charge is 0.467 e. The Labute approximate surface area is 193 Å². The summed E-state index contributed by atoms with van der Waals surface area (Å²) >= 11 is 0. The van der Waals surface area contributed by atoms with E-state index in [9.17, 15) is 22.4 Å². The molecule has 0 aliphatic carbocycles. The Hall–Kier alpha value is -2.72. The summed E-state index contributed by atoms with van der Waals surface area (Å²) in [4.78, 5) is 25.8. The Bertz CT molecular complexity index is 1040. The third-order valence-corrected chi connectivity index (χ3v) is 7.90. The minimum atomic E-state index is -3.85. The molecule has 1 aromatic carbocycles. The maximum atomic E-state index is 13.2. The second-order valence-electron chi connectivity index (χ2n) is 8.33. The van der Waals surface area contributed by atoms with Crippen molar-refractivity contribution in [3.8, 4) is 0 Å². The van der Waals surface area contributed by atoms with Crippen LogP contribution < -0.4 is 10.6 Å². The molecule has 1 saturated heterocycles. The molecule has 2 amide bonds. The number of furan rings is 1. The van der Waals surface area contributed by atoms with E-state index in [0.717, 1.165) is 12.1 Å². The summed E-state index contributed by atoms with van der Waals surface area (Å²) in [5, 5.41) is 5.62. The van der Waals surface area contributed by atoms with Crippen molar-refractivity contribution in [2.75, 3.05) is 13.1 Å². The van der Waals surface area contributed by atoms with Gasteiger partial charge in [0.25, 0.3) is 0 Å². The highest BCUT2D eigenvalue weighted by molar-refractivity contribution is 7.89. The number of carbonyl (C=O) groups is 2. The molecule has 1 aliphatic rings. The molecule has 1 aromatic heterocycles. The maximum absolute atomic E-state index is 13.2. The number of hydrogen-bond donors (Lipinski definition) is 2. The third-order valence-electron chi connectivity index (χ3n) is 6.02. The quantitative estimate of drug-likeness (QED) is 0.575. The fourth-order valence-corrected chi connectivity index (χ4v) is 5.32. The van der Waals surface area contributed by atoms with Crippen molar-refractivity contribution in [1.29, 1.82) is 0 Å². The monoisotopic (exact) mass is 479 g/mol. The van der Waals surface area contributed by atoms with E-state index in [-0.39, 0.29) is 42.3 Å². The molecule has 1 fully saturated rings. The summed E-state index contributed by atoms with van der Waals surface area (Å²) in [5.41, 5.74) is 0. The second kappa shape index (κ2) is 10.9. The van der Waals surface area contributed by atoms with Gasteiger partial charge in [-0.25, -0.2) is 12.8 Å². The van der Waals surface area contributed by atoms with Crippen molar-refractivity contribution in [2.45, 2.75) is 50.6 Å². The van der Waals surface area contributed by atoms with Crippen LogP contribution in [0, 0.1) is 17.7 Å². The fraction of sp³-hybridized carbons (Fsp3) is 0.478. The van der Waals surface area contributed by atoms with Crippen LogP contribution in [0.2, 0.25) is 0 Å². The molecule has 10 heteroatoms. The van der Waals surface area contributed by atoms with E-state index in [1.165, 1.54) is 22.7 Å². The molecule has 8 nitrogen and oxygen atoms in total. The predicted octanol–water partition coefficient (Wildman–Crippen LogP) is 2.67. The average molecular weight is 480 g/mol. The van der Waals surface area contributed by atoms with Gasteiger partial charge in [-0.05, 0) is 55.2 Å². The molecule has 0 radical (unpaired) electrons. The van der Waals surface area contributed by atoms with Crippen molar-refractivity contribution in [3.63, 3.8) is 0 Å². The number of nitrogens with zero attached hydrogens (tertiary/aromatic N) is 1. The lowest BCUT2D eigenvalue weighted by molar-refractivity contribution is -0.133. The number of piperidine rings is 1. The first kappa shape index (κ1) is 24.9. The zero-order valence-electron chi connectivity index (χ0n) is 18.8. The first-order valence-corrected chi connectivity index (χ1v) is 12.5. The topological polar surface area (TPSA) is 109 Å². The predicted molar refractivity (Wildman–Crippen MR) is 120 cm³/mol. The van der Waals surface area contributed by atoms with Crippen molar-refractivity contribution < 1.29 is 26.8 Å². The number of rotatable bonds is 9. The van der Waals surface area contributed by atoms with Gasteiger partial charge in [0.1, 0.15) is 17.6 Å². The lowest BCUT2D eigenvalue weighted by atomic mass is 9.95. The molecule has 2 heterocycles. The van der Waals surface area contributed by atoms with Crippen LogP contribution in [-0.4, -0.2) is 43.7 Å². The summed E-state index contributed by atoms with van der Waals surface area (Å²) in [6.07, 6.45) is 3.22. The van der Waals surface area contributed by atoms with Crippen LogP contribution in [0.25, 0.3) is 0 Å². The molecule has 0 bridgehead atoms. The van der Waals surface area contributed by atoms with Gasteiger partial charge in [0.2, 0.25) is 21.8 Å². The Balaban J connectivity index is 1.66. The smallest absolute Gasteiger partial charge is 0.243 e. The zero-order chi connectivity index (χ0) is 24.0. The molecule has 2 aromatic rings. The molecule has 33 heavy (non-hydrogen) atoms.